The van der Waals surface area contributed by atoms with Crippen molar-refractivity contribution < 1.29 is 9.59 Å². The first kappa shape index (κ1) is 18.9. The number of anilines is 1. The molecule has 1 heterocycles. The summed E-state index contributed by atoms with van der Waals surface area (Å²) in [5.74, 6) is 0.196. The Labute approximate surface area is 159 Å². The highest BCUT2D eigenvalue weighted by Crippen LogP contribution is 2.19. The molecule has 0 atom stereocenters. The lowest BCUT2D eigenvalue weighted by atomic mass is 9.95. The summed E-state index contributed by atoms with van der Waals surface area (Å²) in [5.41, 5.74) is 8.03. The summed E-state index contributed by atoms with van der Waals surface area (Å²) in [6.45, 7) is 3.32. The number of nitrogens with one attached hydrogen (secondary N) is 2. The van der Waals surface area contributed by atoms with Gasteiger partial charge in [0.2, 0.25) is 5.91 Å². The van der Waals surface area contributed by atoms with Gasteiger partial charge in [0, 0.05) is 24.7 Å². The molecule has 2 aromatic carbocycles. The van der Waals surface area contributed by atoms with Gasteiger partial charge in [0.25, 0.3) is 0 Å². The molecule has 1 aliphatic heterocycles. The van der Waals surface area contributed by atoms with Crippen LogP contribution in [0.1, 0.15) is 24.0 Å². The van der Waals surface area contributed by atoms with Crippen LogP contribution in [-0.2, 0) is 17.9 Å². The van der Waals surface area contributed by atoms with Crippen molar-refractivity contribution in [2.45, 2.75) is 25.9 Å². The fraction of sp³-hybridized carbons (Fsp3) is 0.333. The molecule has 0 radical (unpaired) electrons. The molecular formula is C21H26N4O2. The quantitative estimate of drug-likeness (QED) is 0.734. The molecule has 0 aromatic heterocycles. The van der Waals surface area contributed by atoms with Crippen LogP contribution in [-0.4, -0.2) is 29.9 Å². The summed E-state index contributed by atoms with van der Waals surface area (Å²) >= 11 is 0. The van der Waals surface area contributed by atoms with E-state index < -0.39 is 6.03 Å². The number of amides is 3. The zero-order valence-corrected chi connectivity index (χ0v) is 15.4. The van der Waals surface area contributed by atoms with Crippen LogP contribution in [0, 0.1) is 5.92 Å². The normalized spacial score (nSPS) is 15.3. The highest BCUT2D eigenvalue weighted by Gasteiger charge is 2.24. The SMILES string of the molecule is NC(=O)Nc1ccc(CNC(=O)C2CCN(Cc3ccccc3)CC2)cc1. The Kier molecular flexibility index (Phi) is 6.44. The van der Waals surface area contributed by atoms with Gasteiger partial charge in [0.1, 0.15) is 0 Å². The maximum atomic E-state index is 12.4. The molecule has 2 aromatic rings. The molecule has 142 valence electrons. The van der Waals surface area contributed by atoms with Crippen LogP contribution in [0.3, 0.4) is 0 Å². The van der Waals surface area contributed by atoms with Gasteiger partial charge in [-0.15, -0.1) is 0 Å². The Hall–Kier alpha value is -2.86. The predicted octanol–water partition coefficient (Wildman–Crippen LogP) is 2.71. The predicted molar refractivity (Wildman–Crippen MR) is 106 cm³/mol. The molecule has 1 fully saturated rings. The number of nitrogens with two attached hydrogens (primary N) is 1. The van der Waals surface area contributed by atoms with E-state index in [9.17, 15) is 9.59 Å². The van der Waals surface area contributed by atoms with Gasteiger partial charge in [0.05, 0.1) is 0 Å². The third-order valence-corrected chi connectivity index (χ3v) is 4.90. The second-order valence-corrected chi connectivity index (χ2v) is 6.94. The van der Waals surface area contributed by atoms with E-state index in [2.05, 4.69) is 39.8 Å². The van der Waals surface area contributed by atoms with Gasteiger partial charge in [-0.1, -0.05) is 42.5 Å². The van der Waals surface area contributed by atoms with E-state index in [1.165, 1.54) is 5.56 Å². The second-order valence-electron chi connectivity index (χ2n) is 6.94. The molecular weight excluding hydrogens is 340 g/mol. The molecule has 0 aliphatic carbocycles. The number of carbonyl (C=O) groups excluding carboxylic acids is 2. The molecule has 27 heavy (non-hydrogen) atoms. The van der Waals surface area contributed by atoms with Gasteiger partial charge < -0.3 is 16.4 Å². The zero-order chi connectivity index (χ0) is 19.1. The highest BCUT2D eigenvalue weighted by molar-refractivity contribution is 5.87. The molecule has 0 bridgehead atoms. The van der Waals surface area contributed by atoms with Crippen LogP contribution in [0.15, 0.2) is 54.6 Å². The summed E-state index contributed by atoms with van der Waals surface area (Å²) in [5, 5.41) is 5.54. The lowest BCUT2D eigenvalue weighted by Gasteiger charge is -2.31. The third kappa shape index (κ3) is 5.82. The standard InChI is InChI=1S/C21H26N4O2/c22-21(27)24-19-8-6-16(7-9-19)14-23-20(26)18-10-12-25(13-11-18)15-17-4-2-1-3-5-17/h1-9,18H,10-15H2,(H,23,26)(H3,22,24,27). The van der Waals surface area contributed by atoms with Gasteiger partial charge >= 0.3 is 6.03 Å². The number of primary amides is 1. The molecule has 1 aliphatic rings. The van der Waals surface area contributed by atoms with Crippen molar-refractivity contribution in [2.24, 2.45) is 11.7 Å². The average Bonchev–Trinajstić information content (AvgIpc) is 2.68. The topological polar surface area (TPSA) is 87.5 Å². The van der Waals surface area contributed by atoms with Crippen LogP contribution in [0.25, 0.3) is 0 Å². The first-order valence-electron chi connectivity index (χ1n) is 9.29. The number of rotatable bonds is 6. The number of hydrogen-bond acceptors (Lipinski definition) is 3. The summed E-state index contributed by atoms with van der Waals surface area (Å²) in [7, 11) is 0. The molecule has 0 spiro atoms. The van der Waals surface area contributed by atoms with Crippen LogP contribution in [0.2, 0.25) is 0 Å². The Morgan fingerprint density at radius 3 is 2.26 bits per heavy atom. The van der Waals surface area contributed by atoms with Crippen LogP contribution >= 0.6 is 0 Å². The van der Waals surface area contributed by atoms with Crippen LogP contribution in [0.4, 0.5) is 10.5 Å². The van der Waals surface area contributed by atoms with E-state index in [1.807, 2.05) is 18.2 Å². The van der Waals surface area contributed by atoms with Crippen molar-refractivity contribution in [3.05, 3.63) is 65.7 Å². The second kappa shape index (κ2) is 9.19. The Morgan fingerprint density at radius 1 is 0.963 bits per heavy atom. The minimum atomic E-state index is -0.588. The molecule has 4 N–H and O–H groups in total. The minimum absolute atomic E-state index is 0.0767. The van der Waals surface area contributed by atoms with E-state index in [1.54, 1.807) is 12.1 Å². The van der Waals surface area contributed by atoms with Gasteiger partial charge in [-0.25, -0.2) is 4.79 Å². The van der Waals surface area contributed by atoms with Crippen molar-refractivity contribution in [1.29, 1.82) is 0 Å². The maximum absolute atomic E-state index is 12.4. The van der Waals surface area contributed by atoms with Gasteiger partial charge in [-0.3, -0.25) is 9.69 Å². The number of carbonyl (C=O) groups is 2. The van der Waals surface area contributed by atoms with E-state index in [-0.39, 0.29) is 11.8 Å². The largest absolute Gasteiger partial charge is 0.352 e. The molecule has 0 unspecified atom stereocenters. The molecule has 0 saturated carbocycles. The van der Waals surface area contributed by atoms with Crippen molar-refractivity contribution in [1.82, 2.24) is 10.2 Å². The monoisotopic (exact) mass is 366 g/mol. The molecule has 1 saturated heterocycles. The summed E-state index contributed by atoms with van der Waals surface area (Å²) in [6, 6.07) is 17.1. The minimum Gasteiger partial charge on any atom is -0.352 e. The van der Waals surface area contributed by atoms with Gasteiger partial charge in [-0.2, -0.15) is 0 Å². The fourth-order valence-electron chi connectivity index (χ4n) is 3.38. The van der Waals surface area contributed by atoms with Gasteiger partial charge in [-0.05, 0) is 49.2 Å². The number of piperidine rings is 1. The number of likely N-dealkylation sites (tertiary alicyclic amines) is 1. The molecule has 3 rings (SSSR count). The van der Waals surface area contributed by atoms with E-state index in [4.69, 9.17) is 5.73 Å². The Morgan fingerprint density at radius 2 is 1.63 bits per heavy atom. The number of hydrogen-bond donors (Lipinski definition) is 3. The molecule has 3 amide bonds. The van der Waals surface area contributed by atoms with Crippen molar-refractivity contribution in [2.75, 3.05) is 18.4 Å². The maximum Gasteiger partial charge on any atom is 0.316 e. The third-order valence-electron chi connectivity index (χ3n) is 4.90. The summed E-state index contributed by atoms with van der Waals surface area (Å²) < 4.78 is 0. The molecule has 6 nitrogen and oxygen atoms in total. The smallest absolute Gasteiger partial charge is 0.316 e. The van der Waals surface area contributed by atoms with Crippen molar-refractivity contribution in [3.8, 4) is 0 Å². The first-order valence-corrected chi connectivity index (χ1v) is 9.29. The highest BCUT2D eigenvalue weighted by atomic mass is 16.2. The summed E-state index contributed by atoms with van der Waals surface area (Å²) in [4.78, 5) is 25.7. The van der Waals surface area contributed by atoms with Crippen LogP contribution < -0.4 is 16.4 Å². The number of nitrogens with zero attached hydrogens (tertiary/aromatic N) is 1. The molecule has 6 heteroatoms. The van der Waals surface area contributed by atoms with E-state index in [0.29, 0.717) is 12.2 Å². The lowest BCUT2D eigenvalue weighted by Crippen LogP contribution is -2.40. The van der Waals surface area contributed by atoms with Crippen LogP contribution in [0.5, 0.6) is 0 Å². The number of urea groups is 1. The lowest BCUT2D eigenvalue weighted by molar-refractivity contribution is -0.126. The Bertz CT molecular complexity index is 754. The first-order chi connectivity index (χ1) is 13.1. The van der Waals surface area contributed by atoms with E-state index in [0.717, 1.165) is 38.0 Å². The van der Waals surface area contributed by atoms with Gasteiger partial charge in [0.15, 0.2) is 0 Å². The number of benzene rings is 2. The Balaban J connectivity index is 1.41. The fourth-order valence-corrected chi connectivity index (χ4v) is 3.38. The van der Waals surface area contributed by atoms with E-state index >= 15 is 0 Å². The average molecular weight is 366 g/mol. The van der Waals surface area contributed by atoms with Crippen molar-refractivity contribution >= 4 is 17.6 Å². The summed E-state index contributed by atoms with van der Waals surface area (Å²) in [6.07, 6.45) is 1.78. The van der Waals surface area contributed by atoms with Crippen molar-refractivity contribution in [3.63, 3.8) is 0 Å². The zero-order valence-electron chi connectivity index (χ0n) is 15.4.